The molecule has 5 heteroatoms. The van der Waals surface area contributed by atoms with Gasteiger partial charge in [0.2, 0.25) is 0 Å². The molecule has 0 spiro atoms. The highest BCUT2D eigenvalue weighted by atomic mass is 31.2. The summed E-state index contributed by atoms with van der Waals surface area (Å²) in [5.41, 5.74) is -1.54. The molecule has 0 N–H and O–H groups in total. The van der Waals surface area contributed by atoms with Crippen molar-refractivity contribution in [3.8, 4) is 0 Å². The molecule has 0 aliphatic carbocycles. The lowest BCUT2D eigenvalue weighted by molar-refractivity contribution is -0.0910. The number of unbranched alkanes of at least 4 members (excludes halogenated alkanes) is 54. The van der Waals surface area contributed by atoms with Gasteiger partial charge in [0.15, 0.2) is 0 Å². The van der Waals surface area contributed by atoms with Crippen molar-refractivity contribution >= 4 is 7.82 Å². The third-order valence-corrected chi connectivity index (χ3v) is 22.9. The minimum absolute atomic E-state index is 0.514. The van der Waals surface area contributed by atoms with Crippen LogP contribution in [0.3, 0.4) is 0 Å². The predicted molar refractivity (Wildman–Crippen MR) is 403 cm³/mol. The minimum atomic E-state index is -4.21. The van der Waals surface area contributed by atoms with Crippen molar-refractivity contribution in [2.45, 2.75) is 541 Å². The molecule has 0 aromatic carbocycles. The lowest BCUT2D eigenvalue weighted by Crippen LogP contribution is -2.40. The van der Waals surface area contributed by atoms with Gasteiger partial charge in [0.05, 0.1) is 16.8 Å². The van der Waals surface area contributed by atoms with Gasteiger partial charge in [-0.25, -0.2) is 4.57 Å². The molecule has 0 atom stereocenters. The van der Waals surface area contributed by atoms with E-state index in [9.17, 15) is 0 Å². The van der Waals surface area contributed by atoms with Gasteiger partial charge in [-0.3, -0.25) is 13.6 Å². The monoisotopic (exact) mass is 1280 g/mol. The van der Waals surface area contributed by atoms with Crippen LogP contribution in [-0.4, -0.2) is 16.8 Å². The highest BCUT2D eigenvalue weighted by molar-refractivity contribution is 7.48. The van der Waals surface area contributed by atoms with Crippen molar-refractivity contribution in [1.82, 2.24) is 0 Å². The Morgan fingerprint density at radius 1 is 0.157 bits per heavy atom. The summed E-state index contributed by atoms with van der Waals surface area (Å²) in [6, 6.07) is 0. The van der Waals surface area contributed by atoms with Crippen LogP contribution in [0.5, 0.6) is 0 Å². The first-order chi connectivity index (χ1) is 43.7. The van der Waals surface area contributed by atoms with Gasteiger partial charge in [0.25, 0.3) is 0 Å². The largest absolute Gasteiger partial charge is 0.476 e. The zero-order chi connectivity index (χ0) is 65.0. The second-order valence-electron chi connectivity index (χ2n) is 30.1. The summed E-state index contributed by atoms with van der Waals surface area (Å²) in [5.74, 6) is 0. The third-order valence-electron chi connectivity index (χ3n) is 21.0. The predicted octanol–water partition coefficient (Wildman–Crippen LogP) is 32.6. The van der Waals surface area contributed by atoms with Crippen molar-refractivity contribution in [1.29, 1.82) is 0 Å². The van der Waals surface area contributed by atoms with Gasteiger partial charge in [-0.15, -0.1) is 0 Å². The Bertz CT molecular complexity index is 1180. The maximum absolute atomic E-state index is 18.0. The fourth-order valence-corrected chi connectivity index (χ4v) is 17.3. The van der Waals surface area contributed by atoms with Gasteiger partial charge in [0.1, 0.15) is 0 Å². The van der Waals surface area contributed by atoms with Crippen LogP contribution in [0, 0.1) is 0 Å². The average Bonchev–Trinajstić information content (AvgIpc) is 2.40. The summed E-state index contributed by atoms with van der Waals surface area (Å²) >= 11 is 0. The van der Waals surface area contributed by atoms with E-state index in [-0.39, 0.29) is 0 Å². The molecule has 0 radical (unpaired) electrons. The molecule has 0 aromatic heterocycles. The van der Waals surface area contributed by atoms with Crippen LogP contribution in [0.15, 0.2) is 0 Å². The first-order valence-electron chi connectivity index (χ1n) is 42.4. The van der Waals surface area contributed by atoms with Crippen LogP contribution in [0.25, 0.3) is 0 Å². The van der Waals surface area contributed by atoms with E-state index < -0.39 is 24.6 Å². The Morgan fingerprint density at radius 2 is 0.247 bits per heavy atom. The molecule has 0 rings (SSSR count). The van der Waals surface area contributed by atoms with Crippen molar-refractivity contribution in [2.75, 3.05) is 0 Å². The van der Waals surface area contributed by atoms with Gasteiger partial charge in [-0.05, 0) is 57.8 Å². The Kier molecular flexibility index (Phi) is 68.1. The van der Waals surface area contributed by atoms with E-state index in [1.807, 2.05) is 0 Å². The van der Waals surface area contributed by atoms with Crippen LogP contribution in [0.4, 0.5) is 0 Å². The van der Waals surface area contributed by atoms with Gasteiger partial charge >= 0.3 is 7.82 Å². The van der Waals surface area contributed by atoms with Gasteiger partial charge in [0, 0.05) is 0 Å². The van der Waals surface area contributed by atoms with Crippen molar-refractivity contribution in [2.24, 2.45) is 0 Å². The Morgan fingerprint density at radius 3 is 0.348 bits per heavy atom. The van der Waals surface area contributed by atoms with Gasteiger partial charge < -0.3 is 0 Å². The molecular weight excluding hydrogens is 1100 g/mol. The molecule has 0 amide bonds. The van der Waals surface area contributed by atoms with Crippen LogP contribution in [0.1, 0.15) is 525 Å². The molecule has 0 saturated carbocycles. The summed E-state index contributed by atoms with van der Waals surface area (Å²) in [6.45, 7) is 21.1. The summed E-state index contributed by atoms with van der Waals surface area (Å²) in [6.07, 6.45) is 90.1. The lowest BCUT2D eigenvalue weighted by Gasteiger charge is -2.45. The fraction of sp³-hybridized carbons (Fsp3) is 1.00. The summed E-state index contributed by atoms with van der Waals surface area (Å²) < 4.78 is 42.6. The second-order valence-corrected chi connectivity index (χ2v) is 31.6. The maximum Gasteiger partial charge on any atom is 0.476 e. The van der Waals surface area contributed by atoms with E-state index in [0.717, 1.165) is 116 Å². The van der Waals surface area contributed by atoms with E-state index in [4.69, 9.17) is 13.6 Å². The normalized spacial score (nSPS) is 12.6. The summed E-state index contributed by atoms with van der Waals surface area (Å²) in [7, 11) is -4.21. The molecule has 0 bridgehead atoms. The number of hydrogen-bond acceptors (Lipinski definition) is 4. The molecule has 0 fully saturated rings. The van der Waals surface area contributed by atoms with Crippen molar-refractivity contribution < 1.29 is 18.1 Å². The molecule has 0 aliphatic rings. The molecule has 0 aliphatic heterocycles. The van der Waals surface area contributed by atoms with Crippen LogP contribution in [-0.2, 0) is 18.1 Å². The number of hydrogen-bond donors (Lipinski definition) is 0. The van der Waals surface area contributed by atoms with E-state index in [2.05, 4.69) is 62.3 Å². The van der Waals surface area contributed by atoms with E-state index in [1.54, 1.807) is 0 Å². The zero-order valence-corrected chi connectivity index (χ0v) is 64.4. The van der Waals surface area contributed by atoms with Crippen molar-refractivity contribution in [3.05, 3.63) is 0 Å². The Labute approximate surface area is 564 Å². The third kappa shape index (κ3) is 55.9. The molecule has 89 heavy (non-hydrogen) atoms. The average molecular weight is 1280 g/mol. The summed E-state index contributed by atoms with van der Waals surface area (Å²) in [5, 5.41) is 0. The first kappa shape index (κ1) is 89.1. The highest BCUT2D eigenvalue weighted by Gasteiger charge is 2.50. The standard InChI is InChI=1S/C84H171O4P/c1-10-19-28-37-43-49-58-67-76-82(73-64-55-34-25-16-7,77-68-59-50-44-38-29-20-11-2)86-89(85,87-83(74-65-56-35-26-17-8,78-69-60-51-45-39-30-21-12-3)79-70-61-52-46-40-31-22-13-4)88-84(75-66-57-36-27-18-9,80-71-62-53-47-41-32-23-14-5)81-72-63-54-48-42-33-24-15-6/h10-81H2,1-9H3. The molecule has 0 saturated heterocycles. The van der Waals surface area contributed by atoms with E-state index >= 15 is 4.57 Å². The lowest BCUT2D eigenvalue weighted by atomic mass is 9.85. The van der Waals surface area contributed by atoms with E-state index in [1.165, 1.54) is 347 Å². The van der Waals surface area contributed by atoms with Crippen LogP contribution in [0.2, 0.25) is 0 Å². The molecular formula is C84H171O4P. The zero-order valence-electron chi connectivity index (χ0n) is 63.5. The Hall–Kier alpha value is 0.110. The Balaban J connectivity index is 8.50. The number of phosphoric acid groups is 1. The molecule has 0 unspecified atom stereocenters. The summed E-state index contributed by atoms with van der Waals surface area (Å²) in [4.78, 5) is 0. The SMILES string of the molecule is CCCCCCCCCCC(CCCCCCC)(CCCCCCCCCC)OP(=O)(OC(CCCCCCC)(CCCCCCCCCC)CCCCCCCCCC)OC(CCCCCCC)(CCCCCCCCCC)CCCCCCCCCC. The molecule has 0 aromatic rings. The molecule has 4 nitrogen and oxygen atoms in total. The second kappa shape index (κ2) is 68.1. The van der Waals surface area contributed by atoms with Crippen LogP contribution >= 0.6 is 7.82 Å². The van der Waals surface area contributed by atoms with Crippen molar-refractivity contribution in [3.63, 3.8) is 0 Å². The molecule has 536 valence electrons. The quantitative estimate of drug-likeness (QED) is 0.0450. The smallest absolute Gasteiger partial charge is 0.280 e. The van der Waals surface area contributed by atoms with Crippen LogP contribution < -0.4 is 0 Å². The minimum Gasteiger partial charge on any atom is -0.280 e. The number of rotatable bonds is 78. The highest BCUT2D eigenvalue weighted by Crippen LogP contribution is 2.64. The molecule has 0 heterocycles. The fourth-order valence-electron chi connectivity index (χ4n) is 14.9. The topological polar surface area (TPSA) is 44.8 Å². The van der Waals surface area contributed by atoms with E-state index in [0.29, 0.717) is 0 Å². The number of phosphoric ester groups is 1. The first-order valence-corrected chi connectivity index (χ1v) is 43.8. The van der Waals surface area contributed by atoms with Gasteiger partial charge in [-0.1, -0.05) is 467 Å². The van der Waals surface area contributed by atoms with Gasteiger partial charge in [-0.2, -0.15) is 0 Å². The maximum atomic E-state index is 18.0.